The lowest BCUT2D eigenvalue weighted by atomic mass is 9.96. The minimum atomic E-state index is -0.389. The summed E-state index contributed by atoms with van der Waals surface area (Å²) in [6.07, 6.45) is 5.78. The van der Waals surface area contributed by atoms with E-state index in [2.05, 4.69) is 20.4 Å². The molecule has 0 radical (unpaired) electrons. The average Bonchev–Trinajstić information content (AvgIpc) is 2.98. The molecule has 1 aliphatic carbocycles. The molecule has 1 aliphatic heterocycles. The lowest BCUT2D eigenvalue weighted by Crippen LogP contribution is -2.37. The van der Waals surface area contributed by atoms with E-state index >= 15 is 0 Å². The van der Waals surface area contributed by atoms with Gasteiger partial charge in [0.1, 0.15) is 5.82 Å². The molecule has 9 heteroatoms. The van der Waals surface area contributed by atoms with Gasteiger partial charge in [-0.15, -0.1) is 10.2 Å². The van der Waals surface area contributed by atoms with Crippen molar-refractivity contribution in [3.05, 3.63) is 24.0 Å². The van der Waals surface area contributed by atoms with Crippen molar-refractivity contribution >= 4 is 33.9 Å². The van der Waals surface area contributed by atoms with Crippen LogP contribution in [0.25, 0.3) is 10.9 Å². The molecule has 0 unspecified atom stereocenters. The number of azo groups is 1. The third kappa shape index (κ3) is 4.73. The van der Waals surface area contributed by atoms with Gasteiger partial charge in [-0.1, -0.05) is 19.3 Å². The Hall–Kier alpha value is -2.10. The van der Waals surface area contributed by atoms with E-state index in [-0.39, 0.29) is 17.4 Å². The van der Waals surface area contributed by atoms with Crippen LogP contribution in [0.15, 0.2) is 28.4 Å². The third-order valence-electron chi connectivity index (χ3n) is 5.59. The Balaban J connectivity index is 1.58. The number of nitrogens with one attached hydrogen (secondary N) is 1. The predicted octanol–water partition coefficient (Wildman–Crippen LogP) is 4.07. The smallest absolute Gasteiger partial charge is 0.221 e. The van der Waals surface area contributed by atoms with Crippen LogP contribution in [0.1, 0.15) is 32.1 Å². The average molecular weight is 420 g/mol. The maximum atomic E-state index is 13.9. The number of morpholine rings is 1. The van der Waals surface area contributed by atoms with E-state index in [1.54, 1.807) is 10.6 Å². The first kappa shape index (κ1) is 20.2. The number of halogens is 1. The molecule has 156 valence electrons. The zero-order valence-electron chi connectivity index (χ0n) is 16.3. The second kappa shape index (κ2) is 9.15. The number of ether oxygens (including phenoxy) is 1. The van der Waals surface area contributed by atoms with E-state index in [4.69, 9.17) is 17.0 Å². The summed E-state index contributed by atoms with van der Waals surface area (Å²) >= 11 is 5.31. The number of benzene rings is 1. The van der Waals surface area contributed by atoms with E-state index in [1.807, 2.05) is 0 Å². The minimum Gasteiger partial charge on any atom is -0.493 e. The lowest BCUT2D eigenvalue weighted by Gasteiger charge is -2.27. The second-order valence-electron chi connectivity index (χ2n) is 7.62. The molecular formula is C20H26FN5O2S. The van der Waals surface area contributed by atoms with E-state index in [1.165, 1.54) is 31.4 Å². The molecule has 2 N–H and O–H groups in total. The van der Waals surface area contributed by atoms with Gasteiger partial charge in [0.2, 0.25) is 11.0 Å². The second-order valence-corrected chi connectivity index (χ2v) is 8.00. The quantitative estimate of drug-likeness (QED) is 0.577. The van der Waals surface area contributed by atoms with Gasteiger partial charge < -0.3 is 15.2 Å². The maximum Gasteiger partial charge on any atom is 0.221 e. The van der Waals surface area contributed by atoms with E-state index in [9.17, 15) is 9.50 Å². The summed E-state index contributed by atoms with van der Waals surface area (Å²) in [5.41, 5.74) is 0.941. The van der Waals surface area contributed by atoms with Crippen LogP contribution in [0.3, 0.4) is 0 Å². The van der Waals surface area contributed by atoms with Gasteiger partial charge in [-0.2, -0.15) is 0 Å². The highest BCUT2D eigenvalue weighted by Crippen LogP contribution is 2.39. The van der Waals surface area contributed by atoms with Crippen molar-refractivity contribution in [2.75, 3.05) is 26.3 Å². The molecule has 1 aromatic heterocycles. The molecule has 1 aromatic carbocycles. The Morgan fingerprint density at radius 1 is 1.24 bits per heavy atom. The number of aromatic nitrogens is 1. The predicted molar refractivity (Wildman–Crippen MR) is 113 cm³/mol. The van der Waals surface area contributed by atoms with E-state index in [0.717, 1.165) is 25.9 Å². The largest absolute Gasteiger partial charge is 0.493 e. The molecule has 2 heterocycles. The lowest BCUT2D eigenvalue weighted by molar-refractivity contribution is 0.0231. The first-order valence-corrected chi connectivity index (χ1v) is 10.6. The Bertz CT molecular complexity index is 904. The zero-order valence-corrected chi connectivity index (χ0v) is 17.1. The molecule has 29 heavy (non-hydrogen) atoms. The van der Waals surface area contributed by atoms with Gasteiger partial charge in [0.15, 0.2) is 5.69 Å². The Labute approximate surface area is 174 Å². The van der Waals surface area contributed by atoms with E-state index < -0.39 is 0 Å². The van der Waals surface area contributed by atoms with Crippen molar-refractivity contribution in [3.63, 3.8) is 0 Å². The van der Waals surface area contributed by atoms with E-state index in [0.29, 0.717) is 41.9 Å². The van der Waals surface area contributed by atoms with Crippen molar-refractivity contribution < 1.29 is 14.2 Å². The monoisotopic (exact) mass is 419 g/mol. The minimum absolute atomic E-state index is 0.0405. The molecule has 2 aliphatic rings. The fourth-order valence-electron chi connectivity index (χ4n) is 4.03. The number of rotatable bonds is 4. The standard InChI is InChI=1S/C20H26FN5O2S/c21-14-6-7-17-16(12-14)18(19(27)26(17)13-25-8-10-28-11-9-25)23-24-20(29)22-15-4-2-1-3-5-15/h6-7,12,15,27H,1-5,8-11,13H2,(H,22,29). The molecule has 0 atom stereocenters. The van der Waals surface area contributed by atoms with Crippen LogP contribution in [0.2, 0.25) is 0 Å². The molecule has 4 rings (SSSR count). The number of hydrogen-bond donors (Lipinski definition) is 2. The molecule has 2 fully saturated rings. The van der Waals surface area contributed by atoms with Crippen LogP contribution in [0.5, 0.6) is 5.88 Å². The summed E-state index contributed by atoms with van der Waals surface area (Å²) in [6, 6.07) is 4.73. The number of aromatic hydroxyl groups is 1. The first-order chi connectivity index (χ1) is 14.1. The van der Waals surface area contributed by atoms with Crippen LogP contribution in [-0.4, -0.2) is 52.0 Å². The highest BCUT2D eigenvalue weighted by Gasteiger charge is 2.21. The van der Waals surface area contributed by atoms with Gasteiger partial charge in [-0.3, -0.25) is 9.47 Å². The van der Waals surface area contributed by atoms with Gasteiger partial charge in [-0.05, 0) is 43.3 Å². The summed E-state index contributed by atoms with van der Waals surface area (Å²) < 4.78 is 21.0. The summed E-state index contributed by atoms with van der Waals surface area (Å²) in [5, 5.41) is 23.2. The van der Waals surface area contributed by atoms with Gasteiger partial charge in [-0.25, -0.2) is 4.39 Å². The van der Waals surface area contributed by atoms with Crippen molar-refractivity contribution in [2.45, 2.75) is 44.8 Å². The molecule has 7 nitrogen and oxygen atoms in total. The summed E-state index contributed by atoms with van der Waals surface area (Å²) in [4.78, 5) is 2.17. The van der Waals surface area contributed by atoms with Crippen LogP contribution in [0.4, 0.5) is 10.1 Å². The van der Waals surface area contributed by atoms with Crippen molar-refractivity contribution in [1.82, 2.24) is 14.8 Å². The number of fused-ring (bicyclic) bond motifs is 1. The number of nitrogens with zero attached hydrogens (tertiary/aromatic N) is 4. The van der Waals surface area contributed by atoms with Crippen molar-refractivity contribution in [1.29, 1.82) is 0 Å². The Kier molecular flexibility index (Phi) is 6.37. The number of thiocarbonyl (C=S) groups is 1. The van der Waals surface area contributed by atoms with Gasteiger partial charge in [0, 0.05) is 24.5 Å². The molecule has 0 spiro atoms. The van der Waals surface area contributed by atoms with Crippen LogP contribution < -0.4 is 5.32 Å². The van der Waals surface area contributed by atoms with Crippen LogP contribution in [-0.2, 0) is 11.4 Å². The van der Waals surface area contributed by atoms with Crippen molar-refractivity contribution in [3.8, 4) is 5.88 Å². The summed E-state index contributed by atoms with van der Waals surface area (Å²) in [5.74, 6) is -0.429. The number of hydrogen-bond acceptors (Lipinski definition) is 5. The van der Waals surface area contributed by atoms with Crippen LogP contribution in [0, 0.1) is 5.82 Å². The molecule has 2 aromatic rings. The first-order valence-electron chi connectivity index (χ1n) is 10.1. The summed E-state index contributed by atoms with van der Waals surface area (Å²) in [6.45, 7) is 3.32. The summed E-state index contributed by atoms with van der Waals surface area (Å²) in [7, 11) is 0. The fourth-order valence-corrected chi connectivity index (χ4v) is 4.23. The Morgan fingerprint density at radius 2 is 2.00 bits per heavy atom. The van der Waals surface area contributed by atoms with Crippen LogP contribution >= 0.6 is 12.2 Å². The van der Waals surface area contributed by atoms with Gasteiger partial charge in [0.05, 0.1) is 25.4 Å². The molecule has 0 amide bonds. The molecular weight excluding hydrogens is 393 g/mol. The third-order valence-corrected chi connectivity index (χ3v) is 5.79. The molecule has 1 saturated carbocycles. The van der Waals surface area contributed by atoms with Crippen molar-refractivity contribution in [2.24, 2.45) is 10.2 Å². The zero-order chi connectivity index (χ0) is 20.2. The molecule has 1 saturated heterocycles. The Morgan fingerprint density at radius 3 is 2.76 bits per heavy atom. The fraction of sp³-hybridized carbons (Fsp3) is 0.550. The SMILES string of the molecule is Oc1c(N=NC(=S)NC2CCCCC2)c2cc(F)ccc2n1CN1CCOCC1. The van der Waals surface area contributed by atoms with Gasteiger partial charge in [0.25, 0.3) is 0 Å². The highest BCUT2D eigenvalue weighted by molar-refractivity contribution is 7.80. The maximum absolute atomic E-state index is 13.9. The normalized spacial score (nSPS) is 19.2. The van der Waals surface area contributed by atoms with Gasteiger partial charge >= 0.3 is 0 Å². The topological polar surface area (TPSA) is 74.4 Å². The molecule has 0 bridgehead atoms. The highest BCUT2D eigenvalue weighted by atomic mass is 32.1.